The Labute approximate surface area is 152 Å². The van der Waals surface area contributed by atoms with Crippen LogP contribution in [0, 0.1) is 5.92 Å². The predicted octanol–water partition coefficient (Wildman–Crippen LogP) is 1.50. The molecule has 7 nitrogen and oxygen atoms in total. The second-order valence-corrected chi connectivity index (χ2v) is 10.9. The largest absolute Gasteiger partial charge is 0.326 e. The standard InChI is InChI=1S/C15H19ClN2O5S2/c16-13-4-3-12(17-15(19)11-5-8-24(20,21)10-11)9-14(13)25(22,23)18-6-1-2-7-18/h3-4,9,11H,1-2,5-8,10H2,(H,17,19). The Morgan fingerprint density at radius 1 is 1.24 bits per heavy atom. The van der Waals surface area contributed by atoms with Crippen LogP contribution >= 0.6 is 11.6 Å². The lowest BCUT2D eigenvalue weighted by molar-refractivity contribution is -0.119. The maximum atomic E-state index is 12.7. The van der Waals surface area contributed by atoms with Crippen molar-refractivity contribution in [2.45, 2.75) is 24.2 Å². The summed E-state index contributed by atoms with van der Waals surface area (Å²) in [7, 11) is -6.88. The zero-order valence-corrected chi connectivity index (χ0v) is 15.8. The summed E-state index contributed by atoms with van der Waals surface area (Å²) in [5, 5.41) is 2.70. The number of nitrogens with zero attached hydrogens (tertiary/aromatic N) is 1. The lowest BCUT2D eigenvalue weighted by atomic mass is 10.1. The monoisotopic (exact) mass is 406 g/mol. The normalized spacial score (nSPS) is 23.6. The molecule has 1 atom stereocenters. The van der Waals surface area contributed by atoms with Crippen LogP contribution in [-0.2, 0) is 24.7 Å². The molecule has 3 rings (SSSR count). The first-order valence-corrected chi connectivity index (χ1v) is 11.6. The Morgan fingerprint density at radius 2 is 1.92 bits per heavy atom. The van der Waals surface area contributed by atoms with Gasteiger partial charge in [0.15, 0.2) is 9.84 Å². The minimum atomic E-state index is -3.71. The maximum Gasteiger partial charge on any atom is 0.244 e. The average molecular weight is 407 g/mol. The van der Waals surface area contributed by atoms with Crippen molar-refractivity contribution in [3.8, 4) is 0 Å². The number of benzene rings is 1. The molecule has 138 valence electrons. The topological polar surface area (TPSA) is 101 Å². The summed E-state index contributed by atoms with van der Waals surface area (Å²) in [6, 6.07) is 4.26. The van der Waals surface area contributed by atoms with E-state index in [0.717, 1.165) is 12.8 Å². The van der Waals surface area contributed by atoms with E-state index >= 15 is 0 Å². The van der Waals surface area contributed by atoms with Crippen LogP contribution in [0.4, 0.5) is 5.69 Å². The van der Waals surface area contributed by atoms with Gasteiger partial charge in [-0.2, -0.15) is 4.31 Å². The first-order chi connectivity index (χ1) is 11.7. The van der Waals surface area contributed by atoms with Gasteiger partial charge in [-0.05, 0) is 37.5 Å². The molecule has 2 aliphatic rings. The molecule has 25 heavy (non-hydrogen) atoms. The van der Waals surface area contributed by atoms with E-state index < -0.39 is 31.7 Å². The van der Waals surface area contributed by atoms with Crippen molar-refractivity contribution in [1.82, 2.24) is 4.31 Å². The summed E-state index contributed by atoms with van der Waals surface area (Å²) in [4.78, 5) is 12.2. The third-order valence-electron chi connectivity index (χ3n) is 4.48. The molecule has 1 unspecified atom stereocenters. The van der Waals surface area contributed by atoms with Gasteiger partial charge in [0.25, 0.3) is 0 Å². The second-order valence-electron chi connectivity index (χ2n) is 6.35. The number of anilines is 1. The molecule has 0 aliphatic carbocycles. The molecular formula is C15H19ClN2O5S2. The van der Waals surface area contributed by atoms with Crippen LogP contribution in [-0.4, -0.2) is 51.6 Å². The fourth-order valence-electron chi connectivity index (χ4n) is 3.09. The molecule has 1 aromatic carbocycles. The molecule has 2 heterocycles. The van der Waals surface area contributed by atoms with Crippen molar-refractivity contribution in [3.05, 3.63) is 23.2 Å². The number of hydrogen-bond donors (Lipinski definition) is 1. The van der Waals surface area contributed by atoms with Crippen molar-refractivity contribution in [3.63, 3.8) is 0 Å². The number of amides is 1. The van der Waals surface area contributed by atoms with Gasteiger partial charge in [-0.15, -0.1) is 0 Å². The number of carbonyl (C=O) groups excluding carboxylic acids is 1. The lowest BCUT2D eigenvalue weighted by Gasteiger charge is -2.17. The zero-order valence-electron chi connectivity index (χ0n) is 13.4. The van der Waals surface area contributed by atoms with E-state index in [9.17, 15) is 21.6 Å². The number of carbonyl (C=O) groups is 1. The highest BCUT2D eigenvalue weighted by atomic mass is 35.5. The van der Waals surface area contributed by atoms with Gasteiger partial charge in [0.2, 0.25) is 15.9 Å². The predicted molar refractivity (Wildman–Crippen MR) is 94.8 cm³/mol. The van der Waals surface area contributed by atoms with Crippen molar-refractivity contribution >= 4 is 43.1 Å². The first-order valence-electron chi connectivity index (χ1n) is 8.00. The quantitative estimate of drug-likeness (QED) is 0.816. The van der Waals surface area contributed by atoms with Gasteiger partial charge in [-0.25, -0.2) is 16.8 Å². The summed E-state index contributed by atoms with van der Waals surface area (Å²) < 4.78 is 49.7. The fourth-order valence-corrected chi connectivity index (χ4v) is 6.85. The zero-order chi connectivity index (χ0) is 18.2. The number of sulfonamides is 1. The van der Waals surface area contributed by atoms with Gasteiger partial charge >= 0.3 is 0 Å². The van der Waals surface area contributed by atoms with E-state index in [2.05, 4.69) is 5.32 Å². The minimum absolute atomic E-state index is 0.000291. The van der Waals surface area contributed by atoms with Crippen LogP contribution < -0.4 is 5.32 Å². The Morgan fingerprint density at radius 3 is 2.52 bits per heavy atom. The van der Waals surface area contributed by atoms with E-state index in [1.807, 2.05) is 0 Å². The van der Waals surface area contributed by atoms with E-state index in [4.69, 9.17) is 11.6 Å². The molecule has 1 amide bonds. The smallest absolute Gasteiger partial charge is 0.244 e. The number of hydrogen-bond acceptors (Lipinski definition) is 5. The summed E-state index contributed by atoms with van der Waals surface area (Å²) in [5.41, 5.74) is 0.288. The highest BCUT2D eigenvalue weighted by Crippen LogP contribution is 2.30. The number of nitrogens with one attached hydrogen (secondary N) is 1. The van der Waals surface area contributed by atoms with Gasteiger partial charge in [0.05, 0.1) is 22.4 Å². The Bertz CT molecular complexity index is 892. The molecule has 10 heteroatoms. The van der Waals surface area contributed by atoms with E-state index in [0.29, 0.717) is 13.1 Å². The third kappa shape index (κ3) is 3.99. The van der Waals surface area contributed by atoms with Crippen LogP contribution in [0.3, 0.4) is 0 Å². The number of halogens is 1. The van der Waals surface area contributed by atoms with Crippen molar-refractivity contribution in [1.29, 1.82) is 0 Å². The molecule has 1 N–H and O–H groups in total. The highest BCUT2D eigenvalue weighted by Gasteiger charge is 2.33. The van der Waals surface area contributed by atoms with E-state index in [1.54, 1.807) is 0 Å². The minimum Gasteiger partial charge on any atom is -0.326 e. The summed E-state index contributed by atoms with van der Waals surface area (Å²) in [6.45, 7) is 0.907. The van der Waals surface area contributed by atoms with Gasteiger partial charge in [-0.3, -0.25) is 4.79 Å². The molecule has 2 aliphatic heterocycles. The van der Waals surface area contributed by atoms with Crippen molar-refractivity contribution in [2.75, 3.05) is 29.9 Å². The molecular weight excluding hydrogens is 388 g/mol. The molecule has 0 spiro atoms. The van der Waals surface area contributed by atoms with Gasteiger partial charge in [0, 0.05) is 18.8 Å². The third-order valence-corrected chi connectivity index (χ3v) is 8.63. The Kier molecular flexibility index (Phi) is 5.11. The maximum absolute atomic E-state index is 12.7. The van der Waals surface area contributed by atoms with Gasteiger partial charge < -0.3 is 5.32 Å². The van der Waals surface area contributed by atoms with Crippen LogP contribution in [0.1, 0.15) is 19.3 Å². The van der Waals surface area contributed by atoms with Crippen LogP contribution in [0.2, 0.25) is 5.02 Å². The molecule has 1 aromatic rings. The summed E-state index contributed by atoms with van der Waals surface area (Å²) in [5.74, 6) is -1.21. The average Bonchev–Trinajstić information content (AvgIpc) is 3.18. The number of rotatable bonds is 4. The highest BCUT2D eigenvalue weighted by molar-refractivity contribution is 7.91. The molecule has 2 saturated heterocycles. The lowest BCUT2D eigenvalue weighted by Crippen LogP contribution is -2.28. The SMILES string of the molecule is O=C(Nc1ccc(Cl)c(S(=O)(=O)N2CCCC2)c1)C1CCS(=O)(=O)C1. The summed E-state index contributed by atoms with van der Waals surface area (Å²) >= 11 is 6.06. The molecule has 0 radical (unpaired) electrons. The second kappa shape index (κ2) is 6.86. The van der Waals surface area contributed by atoms with Gasteiger partial charge in [0.1, 0.15) is 4.90 Å². The van der Waals surface area contributed by atoms with Crippen molar-refractivity contribution < 1.29 is 21.6 Å². The van der Waals surface area contributed by atoms with Gasteiger partial charge in [-0.1, -0.05) is 11.6 Å². The molecule has 2 fully saturated rings. The van der Waals surface area contributed by atoms with E-state index in [-0.39, 0.29) is 33.5 Å². The molecule has 0 bridgehead atoms. The van der Waals surface area contributed by atoms with Crippen molar-refractivity contribution in [2.24, 2.45) is 5.92 Å². The fraction of sp³-hybridized carbons (Fsp3) is 0.533. The molecule has 0 saturated carbocycles. The van der Waals surface area contributed by atoms with Crippen LogP contribution in [0.25, 0.3) is 0 Å². The number of sulfone groups is 1. The molecule has 0 aromatic heterocycles. The van der Waals surface area contributed by atoms with Crippen LogP contribution in [0.15, 0.2) is 23.1 Å². The first kappa shape index (κ1) is 18.6. The van der Waals surface area contributed by atoms with E-state index in [1.165, 1.54) is 22.5 Å². The Balaban J connectivity index is 1.81. The Hall–Kier alpha value is -1.16. The summed E-state index contributed by atoms with van der Waals surface area (Å²) in [6.07, 6.45) is 1.90. The van der Waals surface area contributed by atoms with Crippen LogP contribution in [0.5, 0.6) is 0 Å².